The molecule has 0 bridgehead atoms. The topological polar surface area (TPSA) is 126 Å². The number of carbonyl (C=O) groups excluding carboxylic acids is 2. The van der Waals surface area contributed by atoms with Crippen LogP contribution in [0.25, 0.3) is 34.1 Å². The zero-order valence-electron chi connectivity index (χ0n) is 17.5. The number of amides is 1. The number of benzene rings is 2. The molecule has 1 aliphatic rings. The number of likely N-dealkylation sites (N-methyl/N-ethyl adjacent to an activating group) is 1. The molecule has 0 aliphatic carbocycles. The third kappa shape index (κ3) is 3.55. The number of esters is 1. The van der Waals surface area contributed by atoms with Gasteiger partial charge in [0.1, 0.15) is 6.04 Å². The van der Waals surface area contributed by atoms with E-state index in [0.29, 0.717) is 29.6 Å². The van der Waals surface area contributed by atoms with Crippen LogP contribution in [-0.4, -0.2) is 57.1 Å². The highest BCUT2D eigenvalue weighted by atomic mass is 16.5. The SMILES string of the molecule is COC(=O)C[C@@H]1Nc2ccc(-c3nc(-c4nc5ccccc5[nH]4)no3)cc2CN(C)C1=O. The molecule has 0 spiro atoms. The standard InChI is InChI=1S/C22H20N6O4/c1-28-11-13-9-12(7-8-14(13)23-17(22(28)30)10-18(29)31-2)21-26-20(27-32-21)19-24-15-5-3-4-6-16(15)25-19/h3-9,17,23H,10-11H2,1-2H3,(H,24,25)/t17-/m0/s1. The van der Waals surface area contributed by atoms with Crippen molar-refractivity contribution in [3.63, 3.8) is 0 Å². The van der Waals surface area contributed by atoms with E-state index in [2.05, 4.69) is 25.4 Å². The Morgan fingerprint density at radius 2 is 2.09 bits per heavy atom. The van der Waals surface area contributed by atoms with Crippen LogP contribution in [0.2, 0.25) is 0 Å². The van der Waals surface area contributed by atoms with Gasteiger partial charge in [0.25, 0.3) is 5.89 Å². The number of anilines is 1. The van der Waals surface area contributed by atoms with E-state index in [1.807, 2.05) is 42.5 Å². The van der Waals surface area contributed by atoms with E-state index in [4.69, 9.17) is 9.26 Å². The minimum Gasteiger partial charge on any atom is -0.469 e. The van der Waals surface area contributed by atoms with Crippen LogP contribution in [0.3, 0.4) is 0 Å². The van der Waals surface area contributed by atoms with Crippen LogP contribution in [0.1, 0.15) is 12.0 Å². The van der Waals surface area contributed by atoms with Crippen molar-refractivity contribution in [1.82, 2.24) is 25.0 Å². The number of hydrogen-bond acceptors (Lipinski definition) is 8. The molecule has 162 valence electrons. The number of nitrogens with zero attached hydrogens (tertiary/aromatic N) is 4. The fourth-order valence-electron chi connectivity index (χ4n) is 3.73. The molecule has 1 atom stereocenters. The second-order valence-electron chi connectivity index (χ2n) is 7.57. The zero-order valence-corrected chi connectivity index (χ0v) is 17.5. The lowest BCUT2D eigenvalue weighted by Crippen LogP contribution is -2.39. The van der Waals surface area contributed by atoms with Gasteiger partial charge in [-0.15, -0.1) is 0 Å². The van der Waals surface area contributed by atoms with Crippen LogP contribution in [0.4, 0.5) is 5.69 Å². The Kier molecular flexibility index (Phi) is 4.81. The van der Waals surface area contributed by atoms with E-state index in [9.17, 15) is 9.59 Å². The van der Waals surface area contributed by atoms with Gasteiger partial charge in [0.2, 0.25) is 11.7 Å². The first-order valence-electron chi connectivity index (χ1n) is 10.0. The van der Waals surface area contributed by atoms with Gasteiger partial charge in [-0.25, -0.2) is 4.98 Å². The molecule has 2 N–H and O–H groups in total. The number of aromatic amines is 1. The maximum absolute atomic E-state index is 12.7. The number of H-pyrrole nitrogens is 1. The van der Waals surface area contributed by atoms with Gasteiger partial charge in [-0.3, -0.25) is 9.59 Å². The fraction of sp³-hybridized carbons (Fsp3) is 0.227. The monoisotopic (exact) mass is 432 g/mol. The Hall–Kier alpha value is -4.21. The van der Waals surface area contributed by atoms with E-state index in [1.54, 1.807) is 11.9 Å². The minimum atomic E-state index is -0.692. The summed E-state index contributed by atoms with van der Waals surface area (Å²) in [7, 11) is 3.00. The predicted octanol–water partition coefficient (Wildman–Crippen LogP) is 2.60. The summed E-state index contributed by atoms with van der Waals surface area (Å²) >= 11 is 0. The smallest absolute Gasteiger partial charge is 0.308 e. The number of methoxy groups -OCH3 is 1. The van der Waals surface area contributed by atoms with Crippen LogP contribution >= 0.6 is 0 Å². The minimum absolute atomic E-state index is 0.0502. The van der Waals surface area contributed by atoms with Gasteiger partial charge in [0.15, 0.2) is 5.82 Å². The molecule has 10 heteroatoms. The molecule has 0 fully saturated rings. The number of imidazole rings is 1. The summed E-state index contributed by atoms with van der Waals surface area (Å²) in [6.45, 7) is 0.372. The number of para-hydroxylation sites is 2. The maximum atomic E-state index is 12.7. The van der Waals surface area contributed by atoms with Gasteiger partial charge < -0.3 is 24.5 Å². The second kappa shape index (κ2) is 7.80. The van der Waals surface area contributed by atoms with Crippen molar-refractivity contribution in [2.45, 2.75) is 19.0 Å². The molecule has 5 rings (SSSR count). The molecule has 2 aromatic heterocycles. The first-order chi connectivity index (χ1) is 15.5. The summed E-state index contributed by atoms with van der Waals surface area (Å²) < 4.78 is 10.2. The van der Waals surface area contributed by atoms with E-state index in [1.165, 1.54) is 7.11 Å². The highest BCUT2D eigenvalue weighted by Gasteiger charge is 2.29. The summed E-state index contributed by atoms with van der Waals surface area (Å²) in [6, 6.07) is 12.5. The largest absolute Gasteiger partial charge is 0.469 e. The van der Waals surface area contributed by atoms with Crippen molar-refractivity contribution >= 4 is 28.6 Å². The molecule has 0 saturated carbocycles. The lowest BCUT2D eigenvalue weighted by atomic mass is 10.1. The number of aromatic nitrogens is 4. The molecule has 1 aliphatic heterocycles. The van der Waals surface area contributed by atoms with Crippen molar-refractivity contribution in [3.05, 3.63) is 48.0 Å². The van der Waals surface area contributed by atoms with Crippen LogP contribution < -0.4 is 5.32 Å². The molecular formula is C22H20N6O4. The predicted molar refractivity (Wildman–Crippen MR) is 115 cm³/mol. The molecule has 32 heavy (non-hydrogen) atoms. The average molecular weight is 432 g/mol. The normalized spacial score (nSPS) is 15.9. The van der Waals surface area contributed by atoms with Crippen molar-refractivity contribution in [1.29, 1.82) is 0 Å². The van der Waals surface area contributed by atoms with E-state index < -0.39 is 12.0 Å². The summed E-state index contributed by atoms with van der Waals surface area (Å²) in [5.41, 5.74) is 4.05. The second-order valence-corrected chi connectivity index (χ2v) is 7.57. The highest BCUT2D eigenvalue weighted by molar-refractivity contribution is 5.90. The zero-order chi connectivity index (χ0) is 22.2. The third-order valence-corrected chi connectivity index (χ3v) is 5.39. The van der Waals surface area contributed by atoms with E-state index in [0.717, 1.165) is 22.3 Å². The Labute approximate surface area is 182 Å². The Balaban J connectivity index is 1.44. The summed E-state index contributed by atoms with van der Waals surface area (Å²) in [5.74, 6) is 0.585. The Morgan fingerprint density at radius 1 is 1.25 bits per heavy atom. The summed E-state index contributed by atoms with van der Waals surface area (Å²) in [4.78, 5) is 38.1. The van der Waals surface area contributed by atoms with Crippen LogP contribution in [0, 0.1) is 0 Å². The lowest BCUT2D eigenvalue weighted by Gasteiger charge is -2.19. The van der Waals surface area contributed by atoms with Crippen molar-refractivity contribution < 1.29 is 18.8 Å². The highest BCUT2D eigenvalue weighted by Crippen LogP contribution is 2.29. The molecule has 1 amide bonds. The van der Waals surface area contributed by atoms with Crippen molar-refractivity contribution in [3.8, 4) is 23.1 Å². The number of fused-ring (bicyclic) bond motifs is 2. The van der Waals surface area contributed by atoms with Crippen LogP contribution in [0.15, 0.2) is 47.0 Å². The summed E-state index contributed by atoms with van der Waals surface area (Å²) in [6.07, 6.45) is -0.0502. The molecule has 10 nitrogen and oxygen atoms in total. The number of carbonyl (C=O) groups is 2. The first kappa shape index (κ1) is 19.7. The molecule has 2 aromatic carbocycles. The molecule has 0 radical (unpaired) electrons. The van der Waals surface area contributed by atoms with Gasteiger partial charge in [-0.05, 0) is 35.9 Å². The van der Waals surface area contributed by atoms with Crippen molar-refractivity contribution in [2.75, 3.05) is 19.5 Å². The Morgan fingerprint density at radius 3 is 2.91 bits per heavy atom. The first-order valence-corrected chi connectivity index (χ1v) is 10.0. The van der Waals surface area contributed by atoms with Crippen LogP contribution in [0.5, 0.6) is 0 Å². The van der Waals surface area contributed by atoms with Crippen LogP contribution in [-0.2, 0) is 20.9 Å². The molecule has 4 aromatic rings. The number of ether oxygens (including phenoxy) is 1. The van der Waals surface area contributed by atoms with Gasteiger partial charge in [-0.2, -0.15) is 4.98 Å². The molecule has 0 unspecified atom stereocenters. The van der Waals surface area contributed by atoms with Gasteiger partial charge in [-0.1, -0.05) is 17.3 Å². The average Bonchev–Trinajstić information content (AvgIpc) is 3.43. The Bertz CT molecular complexity index is 1290. The molecule has 0 saturated heterocycles. The van der Waals surface area contributed by atoms with Gasteiger partial charge in [0.05, 0.1) is 24.6 Å². The van der Waals surface area contributed by atoms with Gasteiger partial charge >= 0.3 is 5.97 Å². The van der Waals surface area contributed by atoms with Gasteiger partial charge in [0, 0.05) is 24.8 Å². The number of nitrogens with one attached hydrogen (secondary N) is 2. The van der Waals surface area contributed by atoms with E-state index in [-0.39, 0.29) is 12.3 Å². The van der Waals surface area contributed by atoms with E-state index >= 15 is 0 Å². The fourth-order valence-corrected chi connectivity index (χ4v) is 3.73. The quantitative estimate of drug-likeness (QED) is 0.471. The summed E-state index contributed by atoms with van der Waals surface area (Å²) in [5, 5.41) is 7.21. The number of hydrogen-bond donors (Lipinski definition) is 2. The third-order valence-electron chi connectivity index (χ3n) is 5.39. The molecular weight excluding hydrogens is 412 g/mol. The van der Waals surface area contributed by atoms with Crippen molar-refractivity contribution in [2.24, 2.45) is 0 Å². The number of rotatable bonds is 4. The lowest BCUT2D eigenvalue weighted by molar-refractivity contribution is -0.143. The molecule has 3 heterocycles. The maximum Gasteiger partial charge on any atom is 0.308 e.